The third kappa shape index (κ3) is 4.66. The number of aryl methyl sites for hydroxylation is 1. The average molecular weight is 472 g/mol. The molecule has 4 rings (SSSR count). The van der Waals surface area contributed by atoms with Crippen LogP contribution in [0.4, 0.5) is 0 Å². The second-order valence-corrected chi connectivity index (χ2v) is 8.25. The molecule has 0 bridgehead atoms. The predicted octanol–water partition coefficient (Wildman–Crippen LogP) is 4.58. The minimum atomic E-state index is -1.05. The minimum absolute atomic E-state index is 0.00608. The van der Waals surface area contributed by atoms with Gasteiger partial charge in [0.1, 0.15) is 11.5 Å². The van der Waals surface area contributed by atoms with E-state index < -0.39 is 23.7 Å². The van der Waals surface area contributed by atoms with Crippen LogP contribution in [0.3, 0.4) is 0 Å². The highest BCUT2D eigenvalue weighted by molar-refractivity contribution is 6.46. The SMILES string of the molecule is CCc1ccc(/C(O)=C2\C(=O)C(=O)N(Cc3ccc(C(=O)O)cc3)C2c2ccc(OC)cc2)cc1. The summed E-state index contributed by atoms with van der Waals surface area (Å²) in [6.45, 7) is 2.08. The number of methoxy groups -OCH3 is 1. The molecule has 3 aromatic rings. The number of aliphatic hydroxyl groups is 1. The van der Waals surface area contributed by atoms with Gasteiger partial charge < -0.3 is 19.8 Å². The Morgan fingerprint density at radius 1 is 0.857 bits per heavy atom. The molecular weight excluding hydrogens is 446 g/mol. The van der Waals surface area contributed by atoms with Gasteiger partial charge in [0.25, 0.3) is 11.7 Å². The van der Waals surface area contributed by atoms with Crippen molar-refractivity contribution in [3.05, 3.63) is 106 Å². The molecule has 1 fully saturated rings. The Bertz CT molecular complexity index is 1290. The molecule has 2 N–H and O–H groups in total. The maximum Gasteiger partial charge on any atom is 0.335 e. The van der Waals surface area contributed by atoms with Crippen molar-refractivity contribution >= 4 is 23.4 Å². The molecule has 3 aromatic carbocycles. The fraction of sp³-hybridized carbons (Fsp3) is 0.179. The summed E-state index contributed by atoms with van der Waals surface area (Å²) in [4.78, 5) is 38.9. The summed E-state index contributed by atoms with van der Waals surface area (Å²) in [5, 5.41) is 20.3. The van der Waals surface area contributed by atoms with Crippen LogP contribution in [0.15, 0.2) is 78.4 Å². The molecule has 1 unspecified atom stereocenters. The summed E-state index contributed by atoms with van der Waals surface area (Å²) < 4.78 is 5.24. The van der Waals surface area contributed by atoms with Crippen molar-refractivity contribution in [3.63, 3.8) is 0 Å². The molecule has 7 nitrogen and oxygen atoms in total. The van der Waals surface area contributed by atoms with E-state index in [0.717, 1.165) is 12.0 Å². The number of Topliss-reactive ketones (excluding diaryl/α,β-unsaturated/α-hetero) is 1. The van der Waals surface area contributed by atoms with Gasteiger partial charge in [-0.1, -0.05) is 55.5 Å². The number of ketones is 1. The molecular formula is C28H25NO6. The molecule has 1 aliphatic rings. The first-order valence-corrected chi connectivity index (χ1v) is 11.2. The van der Waals surface area contributed by atoms with Crippen LogP contribution in [0.1, 0.15) is 45.6 Å². The standard InChI is InChI=1S/C28H25NO6/c1-3-17-4-8-20(9-5-17)25(30)23-24(19-12-14-22(35-2)15-13-19)29(27(32)26(23)31)16-18-6-10-21(11-7-18)28(33)34/h4-15,24,30H,3,16H2,1-2H3,(H,33,34)/b25-23+. The van der Waals surface area contributed by atoms with Crippen molar-refractivity contribution < 1.29 is 29.3 Å². The molecule has 0 aromatic heterocycles. The van der Waals surface area contributed by atoms with Gasteiger partial charge in [0.2, 0.25) is 0 Å². The molecule has 35 heavy (non-hydrogen) atoms. The Kier molecular flexibility index (Phi) is 6.68. The normalized spacial score (nSPS) is 17.0. The van der Waals surface area contributed by atoms with Gasteiger partial charge >= 0.3 is 5.97 Å². The molecule has 1 amide bonds. The van der Waals surface area contributed by atoms with Crippen LogP contribution in [-0.2, 0) is 22.6 Å². The van der Waals surface area contributed by atoms with E-state index in [9.17, 15) is 19.5 Å². The van der Waals surface area contributed by atoms with Gasteiger partial charge in [-0.2, -0.15) is 0 Å². The Morgan fingerprint density at radius 3 is 1.97 bits per heavy atom. The molecule has 1 saturated heterocycles. The summed E-state index contributed by atoms with van der Waals surface area (Å²) in [7, 11) is 1.54. The highest BCUT2D eigenvalue weighted by Gasteiger charge is 2.46. The predicted molar refractivity (Wildman–Crippen MR) is 130 cm³/mol. The van der Waals surface area contributed by atoms with Crippen molar-refractivity contribution in [2.75, 3.05) is 7.11 Å². The topological polar surface area (TPSA) is 104 Å². The third-order valence-electron chi connectivity index (χ3n) is 6.16. The third-order valence-corrected chi connectivity index (χ3v) is 6.16. The summed E-state index contributed by atoms with van der Waals surface area (Å²) in [6.07, 6.45) is 0.831. The molecule has 7 heteroatoms. The van der Waals surface area contributed by atoms with Crippen LogP contribution in [0.2, 0.25) is 0 Å². The van der Waals surface area contributed by atoms with E-state index in [1.165, 1.54) is 17.0 Å². The number of hydrogen-bond acceptors (Lipinski definition) is 5. The maximum atomic E-state index is 13.2. The second kappa shape index (κ2) is 9.85. The number of aromatic carboxylic acids is 1. The van der Waals surface area contributed by atoms with Gasteiger partial charge in [0, 0.05) is 12.1 Å². The number of likely N-dealkylation sites (tertiary alicyclic amines) is 1. The molecule has 0 spiro atoms. The van der Waals surface area contributed by atoms with Crippen molar-refractivity contribution in [3.8, 4) is 5.75 Å². The molecule has 0 radical (unpaired) electrons. The summed E-state index contributed by atoms with van der Waals surface area (Å²) >= 11 is 0. The first kappa shape index (κ1) is 23.8. The zero-order valence-electron chi connectivity index (χ0n) is 19.4. The molecule has 1 aliphatic heterocycles. The Labute approximate surface area is 202 Å². The fourth-order valence-electron chi connectivity index (χ4n) is 4.18. The quantitative estimate of drug-likeness (QED) is 0.297. The van der Waals surface area contributed by atoms with E-state index in [-0.39, 0.29) is 23.4 Å². The lowest BCUT2D eigenvalue weighted by molar-refractivity contribution is -0.140. The van der Waals surface area contributed by atoms with Gasteiger partial charge in [0.05, 0.1) is 24.3 Å². The lowest BCUT2D eigenvalue weighted by Gasteiger charge is -2.25. The number of carboxylic acids is 1. The van der Waals surface area contributed by atoms with Crippen LogP contribution in [0, 0.1) is 0 Å². The number of amides is 1. The first-order valence-electron chi connectivity index (χ1n) is 11.2. The van der Waals surface area contributed by atoms with Crippen LogP contribution >= 0.6 is 0 Å². The first-order chi connectivity index (χ1) is 16.8. The van der Waals surface area contributed by atoms with Crippen LogP contribution in [-0.4, -0.2) is 39.9 Å². The van der Waals surface area contributed by atoms with Crippen LogP contribution in [0.5, 0.6) is 5.75 Å². The van der Waals surface area contributed by atoms with Gasteiger partial charge in [-0.05, 0) is 47.4 Å². The van der Waals surface area contributed by atoms with E-state index in [4.69, 9.17) is 9.84 Å². The largest absolute Gasteiger partial charge is 0.507 e. The van der Waals surface area contributed by atoms with Crippen molar-refractivity contribution in [2.24, 2.45) is 0 Å². The Hall–Kier alpha value is -4.39. The lowest BCUT2D eigenvalue weighted by atomic mass is 9.94. The highest BCUT2D eigenvalue weighted by atomic mass is 16.5. The Morgan fingerprint density at radius 2 is 1.43 bits per heavy atom. The number of aliphatic hydroxyl groups excluding tert-OH is 1. The molecule has 1 heterocycles. The van der Waals surface area contributed by atoms with E-state index in [0.29, 0.717) is 22.4 Å². The highest BCUT2D eigenvalue weighted by Crippen LogP contribution is 2.40. The van der Waals surface area contributed by atoms with Gasteiger partial charge in [-0.15, -0.1) is 0 Å². The second-order valence-electron chi connectivity index (χ2n) is 8.25. The number of carbonyl (C=O) groups is 3. The molecule has 0 saturated carbocycles. The number of hydrogen-bond donors (Lipinski definition) is 2. The summed E-state index contributed by atoms with van der Waals surface area (Å²) in [5.41, 5.74) is 2.95. The van der Waals surface area contributed by atoms with E-state index in [1.807, 2.05) is 19.1 Å². The molecule has 1 atom stereocenters. The fourth-order valence-corrected chi connectivity index (χ4v) is 4.18. The molecule has 178 valence electrons. The van der Waals surface area contributed by atoms with Crippen molar-refractivity contribution in [2.45, 2.75) is 25.9 Å². The number of benzene rings is 3. The van der Waals surface area contributed by atoms with Crippen molar-refractivity contribution in [1.82, 2.24) is 4.90 Å². The molecule has 0 aliphatic carbocycles. The summed E-state index contributed by atoms with van der Waals surface area (Å²) in [5.74, 6) is -2.19. The van der Waals surface area contributed by atoms with Crippen LogP contribution in [0.25, 0.3) is 5.76 Å². The van der Waals surface area contributed by atoms with E-state index >= 15 is 0 Å². The van der Waals surface area contributed by atoms with Gasteiger partial charge in [0.15, 0.2) is 0 Å². The van der Waals surface area contributed by atoms with Gasteiger partial charge in [-0.25, -0.2) is 4.79 Å². The van der Waals surface area contributed by atoms with Crippen molar-refractivity contribution in [1.29, 1.82) is 0 Å². The smallest absolute Gasteiger partial charge is 0.335 e. The van der Waals surface area contributed by atoms with E-state index in [1.54, 1.807) is 55.6 Å². The minimum Gasteiger partial charge on any atom is -0.507 e. The number of carboxylic acid groups (broad SMARTS) is 1. The average Bonchev–Trinajstić information content (AvgIpc) is 3.13. The zero-order valence-corrected chi connectivity index (χ0v) is 19.4. The number of ether oxygens (including phenoxy) is 1. The monoisotopic (exact) mass is 471 g/mol. The van der Waals surface area contributed by atoms with Gasteiger partial charge in [-0.3, -0.25) is 9.59 Å². The number of nitrogens with zero attached hydrogens (tertiary/aromatic N) is 1. The maximum absolute atomic E-state index is 13.2. The number of carbonyl (C=O) groups excluding carboxylic acids is 2. The van der Waals surface area contributed by atoms with E-state index in [2.05, 4.69) is 0 Å². The zero-order chi connectivity index (χ0) is 25.1. The lowest BCUT2D eigenvalue weighted by Crippen LogP contribution is -2.29. The Balaban J connectivity index is 1.80. The van der Waals surface area contributed by atoms with Crippen LogP contribution < -0.4 is 4.74 Å². The summed E-state index contributed by atoms with van der Waals surface area (Å²) in [6, 6.07) is 19.5. The number of rotatable bonds is 7.